The molecule has 12 heavy (non-hydrogen) atoms. The average Bonchev–Trinajstić information content (AvgIpc) is 2.33. The highest BCUT2D eigenvalue weighted by molar-refractivity contribution is 9.09. The molecule has 0 N–H and O–H groups in total. The Hall–Kier alpha value is -0.0500. The van der Waals surface area contributed by atoms with Crippen LogP contribution >= 0.6 is 15.9 Å². The Bertz CT molecular complexity index is 168. The maximum atomic E-state index is 11.1. The van der Waals surface area contributed by atoms with E-state index in [9.17, 15) is 4.79 Å². The molecule has 0 aromatic heterocycles. The molecule has 1 aliphatic heterocycles. The molecule has 3 heteroatoms. The molecule has 0 aromatic rings. The number of carbonyl (C=O) groups excluding carboxylic acids is 1. The fraction of sp³-hybridized carbons (Fsp3) is 0.889. The number of ether oxygens (including phenoxy) is 1. The van der Waals surface area contributed by atoms with E-state index in [-0.39, 0.29) is 11.9 Å². The van der Waals surface area contributed by atoms with Crippen molar-refractivity contribution in [3.05, 3.63) is 0 Å². The van der Waals surface area contributed by atoms with Gasteiger partial charge in [0.15, 0.2) is 0 Å². The Kier molecular flexibility index (Phi) is 3.56. The molecule has 0 aliphatic carbocycles. The van der Waals surface area contributed by atoms with Crippen LogP contribution in [0.4, 0.5) is 0 Å². The predicted octanol–water partition coefficient (Wildman–Crippen LogP) is 2.36. The van der Waals surface area contributed by atoms with Crippen LogP contribution in [0.5, 0.6) is 0 Å². The first-order chi connectivity index (χ1) is 5.61. The van der Waals surface area contributed by atoms with E-state index in [2.05, 4.69) is 29.8 Å². The van der Waals surface area contributed by atoms with Gasteiger partial charge in [-0.1, -0.05) is 29.8 Å². The SMILES string of the molecule is CC(C)CC(Br)C1CCOC1=O. The van der Waals surface area contributed by atoms with E-state index in [0.717, 1.165) is 12.8 Å². The van der Waals surface area contributed by atoms with E-state index in [4.69, 9.17) is 4.74 Å². The number of carbonyl (C=O) groups is 1. The van der Waals surface area contributed by atoms with Crippen LogP contribution in [-0.2, 0) is 9.53 Å². The molecule has 0 radical (unpaired) electrons. The van der Waals surface area contributed by atoms with E-state index in [1.165, 1.54) is 0 Å². The summed E-state index contributed by atoms with van der Waals surface area (Å²) in [6, 6.07) is 0. The third-order valence-corrected chi connectivity index (χ3v) is 3.12. The van der Waals surface area contributed by atoms with Gasteiger partial charge in [-0.15, -0.1) is 0 Å². The monoisotopic (exact) mass is 234 g/mol. The Labute approximate surface area is 81.8 Å². The Balaban J connectivity index is 2.40. The predicted molar refractivity (Wildman–Crippen MR) is 51.2 cm³/mol. The maximum Gasteiger partial charge on any atom is 0.310 e. The normalized spacial score (nSPS) is 26.0. The first-order valence-electron chi connectivity index (χ1n) is 4.42. The number of hydrogen-bond acceptors (Lipinski definition) is 2. The minimum atomic E-state index is -0.0301. The van der Waals surface area contributed by atoms with Gasteiger partial charge in [0.25, 0.3) is 0 Å². The van der Waals surface area contributed by atoms with Crippen molar-refractivity contribution in [3.63, 3.8) is 0 Å². The molecule has 0 amide bonds. The van der Waals surface area contributed by atoms with E-state index in [1.54, 1.807) is 0 Å². The number of esters is 1. The molecule has 2 nitrogen and oxygen atoms in total. The van der Waals surface area contributed by atoms with Crippen molar-refractivity contribution < 1.29 is 9.53 Å². The van der Waals surface area contributed by atoms with Gasteiger partial charge in [0.2, 0.25) is 0 Å². The van der Waals surface area contributed by atoms with Gasteiger partial charge in [-0.25, -0.2) is 0 Å². The summed E-state index contributed by atoms with van der Waals surface area (Å²) in [5.74, 6) is 0.688. The lowest BCUT2D eigenvalue weighted by Gasteiger charge is -2.15. The van der Waals surface area contributed by atoms with Crippen molar-refractivity contribution >= 4 is 21.9 Å². The molecule has 1 saturated heterocycles. The van der Waals surface area contributed by atoms with Gasteiger partial charge in [-0.05, 0) is 18.8 Å². The fourth-order valence-corrected chi connectivity index (χ4v) is 2.68. The van der Waals surface area contributed by atoms with Crippen LogP contribution < -0.4 is 0 Å². The van der Waals surface area contributed by atoms with Crippen LogP contribution in [0.1, 0.15) is 26.7 Å². The topological polar surface area (TPSA) is 26.3 Å². The highest BCUT2D eigenvalue weighted by Gasteiger charge is 2.32. The quantitative estimate of drug-likeness (QED) is 0.554. The molecule has 2 atom stereocenters. The summed E-state index contributed by atoms with van der Waals surface area (Å²) in [6.45, 7) is 4.92. The third-order valence-electron chi connectivity index (χ3n) is 2.11. The summed E-state index contributed by atoms with van der Waals surface area (Å²) in [7, 11) is 0. The van der Waals surface area contributed by atoms with Gasteiger partial charge in [-0.2, -0.15) is 0 Å². The zero-order valence-electron chi connectivity index (χ0n) is 7.55. The van der Waals surface area contributed by atoms with Gasteiger partial charge in [-0.3, -0.25) is 4.79 Å². The molecule has 1 aliphatic rings. The minimum Gasteiger partial charge on any atom is -0.465 e. The van der Waals surface area contributed by atoms with Gasteiger partial charge >= 0.3 is 5.97 Å². The average molecular weight is 235 g/mol. The second kappa shape index (κ2) is 4.26. The lowest BCUT2D eigenvalue weighted by atomic mass is 9.97. The van der Waals surface area contributed by atoms with Gasteiger partial charge in [0.1, 0.15) is 0 Å². The van der Waals surface area contributed by atoms with Gasteiger partial charge in [0.05, 0.1) is 12.5 Å². The van der Waals surface area contributed by atoms with E-state index < -0.39 is 0 Å². The molecule has 0 spiro atoms. The van der Waals surface area contributed by atoms with Crippen LogP contribution in [0.2, 0.25) is 0 Å². The number of halogens is 1. The van der Waals surface area contributed by atoms with Crippen molar-refractivity contribution in [2.45, 2.75) is 31.5 Å². The lowest BCUT2D eigenvalue weighted by molar-refractivity contribution is -0.141. The summed E-state index contributed by atoms with van der Waals surface area (Å²) < 4.78 is 4.90. The van der Waals surface area contributed by atoms with Gasteiger partial charge < -0.3 is 4.74 Å². The zero-order chi connectivity index (χ0) is 9.14. The van der Waals surface area contributed by atoms with Crippen molar-refractivity contribution in [3.8, 4) is 0 Å². The Morgan fingerprint density at radius 2 is 2.33 bits per heavy atom. The Morgan fingerprint density at radius 1 is 1.67 bits per heavy atom. The second-order valence-corrected chi connectivity index (χ2v) is 4.88. The van der Waals surface area contributed by atoms with Crippen LogP contribution in [0, 0.1) is 11.8 Å². The van der Waals surface area contributed by atoms with E-state index in [0.29, 0.717) is 17.4 Å². The summed E-state index contributed by atoms with van der Waals surface area (Å²) in [4.78, 5) is 11.4. The molecule has 1 heterocycles. The second-order valence-electron chi connectivity index (χ2n) is 3.71. The lowest BCUT2D eigenvalue weighted by Crippen LogP contribution is -2.20. The fourth-order valence-electron chi connectivity index (χ4n) is 1.45. The minimum absolute atomic E-state index is 0.0301. The number of hydrogen-bond donors (Lipinski definition) is 0. The standard InChI is InChI=1S/C9H15BrO2/c1-6(2)5-8(10)7-3-4-12-9(7)11/h6-8H,3-5H2,1-2H3. The molecule has 0 aromatic carbocycles. The molecule has 70 valence electrons. The largest absolute Gasteiger partial charge is 0.465 e. The zero-order valence-corrected chi connectivity index (χ0v) is 9.13. The summed E-state index contributed by atoms with van der Waals surface area (Å²) in [5.41, 5.74) is 0. The van der Waals surface area contributed by atoms with E-state index >= 15 is 0 Å². The summed E-state index contributed by atoms with van der Waals surface area (Å²) in [6.07, 6.45) is 1.92. The first kappa shape index (κ1) is 10.0. The molecule has 2 unspecified atom stereocenters. The maximum absolute atomic E-state index is 11.1. The van der Waals surface area contributed by atoms with Crippen LogP contribution in [0.3, 0.4) is 0 Å². The van der Waals surface area contributed by atoms with E-state index in [1.807, 2.05) is 0 Å². The first-order valence-corrected chi connectivity index (χ1v) is 5.33. The highest BCUT2D eigenvalue weighted by atomic mass is 79.9. The van der Waals surface area contributed by atoms with Crippen molar-refractivity contribution in [2.24, 2.45) is 11.8 Å². The van der Waals surface area contributed by atoms with Crippen LogP contribution in [0.15, 0.2) is 0 Å². The smallest absolute Gasteiger partial charge is 0.310 e. The highest BCUT2D eigenvalue weighted by Crippen LogP contribution is 2.28. The molecule has 0 bridgehead atoms. The summed E-state index contributed by atoms with van der Waals surface area (Å²) in [5, 5.41) is 0. The molecule has 0 saturated carbocycles. The van der Waals surface area contributed by atoms with Crippen molar-refractivity contribution in [2.75, 3.05) is 6.61 Å². The number of cyclic esters (lactones) is 1. The number of alkyl halides is 1. The van der Waals surface area contributed by atoms with Crippen molar-refractivity contribution in [1.29, 1.82) is 0 Å². The molecule has 1 rings (SSSR count). The molecular formula is C9H15BrO2. The van der Waals surface area contributed by atoms with Gasteiger partial charge in [0, 0.05) is 4.83 Å². The molecule has 1 fully saturated rings. The molecular weight excluding hydrogens is 220 g/mol. The third kappa shape index (κ3) is 2.47. The van der Waals surface area contributed by atoms with Crippen LogP contribution in [-0.4, -0.2) is 17.4 Å². The Morgan fingerprint density at radius 3 is 2.75 bits per heavy atom. The summed E-state index contributed by atoms with van der Waals surface area (Å²) >= 11 is 3.54. The van der Waals surface area contributed by atoms with Crippen LogP contribution in [0.25, 0.3) is 0 Å². The van der Waals surface area contributed by atoms with Crippen molar-refractivity contribution in [1.82, 2.24) is 0 Å². The number of rotatable bonds is 3.